The second-order valence-corrected chi connectivity index (χ2v) is 6.36. The number of urea groups is 1. The summed E-state index contributed by atoms with van der Waals surface area (Å²) in [7, 11) is 2.06. The van der Waals surface area contributed by atoms with Crippen LogP contribution in [0.1, 0.15) is 12.5 Å². The molecule has 7 heteroatoms. The molecule has 0 aliphatic carbocycles. The van der Waals surface area contributed by atoms with Gasteiger partial charge in [-0.1, -0.05) is 24.3 Å². The summed E-state index contributed by atoms with van der Waals surface area (Å²) in [4.78, 5) is 21.2. The fourth-order valence-corrected chi connectivity index (χ4v) is 3.27. The fourth-order valence-electron chi connectivity index (χ4n) is 3.27. The maximum Gasteiger partial charge on any atom is 0.324 e. The van der Waals surface area contributed by atoms with Crippen LogP contribution in [0.4, 0.5) is 16.4 Å². The Balaban J connectivity index is 1.58. The molecule has 0 spiro atoms. The molecule has 4 rings (SSSR count). The van der Waals surface area contributed by atoms with E-state index >= 15 is 0 Å². The van der Waals surface area contributed by atoms with Crippen molar-refractivity contribution in [2.24, 2.45) is 0 Å². The molecular weight excluding hydrogens is 316 g/mol. The van der Waals surface area contributed by atoms with Crippen molar-refractivity contribution >= 4 is 23.3 Å². The molecule has 0 radical (unpaired) electrons. The zero-order valence-corrected chi connectivity index (χ0v) is 14.3. The number of nitrogens with one attached hydrogen (secondary N) is 1. The number of fused-ring (bicyclic) bond motifs is 2. The van der Waals surface area contributed by atoms with Crippen molar-refractivity contribution in [3.8, 4) is 0 Å². The summed E-state index contributed by atoms with van der Waals surface area (Å²) >= 11 is 0. The van der Waals surface area contributed by atoms with Gasteiger partial charge in [-0.15, -0.1) is 5.10 Å². The Morgan fingerprint density at radius 3 is 2.84 bits per heavy atom. The van der Waals surface area contributed by atoms with Gasteiger partial charge in [0, 0.05) is 38.1 Å². The zero-order chi connectivity index (χ0) is 17.4. The molecule has 2 amide bonds. The number of benzene rings is 1. The Hall–Kier alpha value is -3.09. The average molecular weight is 336 g/mol. The molecule has 0 bridgehead atoms. The molecule has 1 N–H and O–H groups in total. The van der Waals surface area contributed by atoms with E-state index in [4.69, 9.17) is 0 Å². The van der Waals surface area contributed by atoms with Gasteiger partial charge in [-0.2, -0.15) is 4.98 Å². The molecule has 1 aliphatic rings. The quantitative estimate of drug-likeness (QED) is 0.742. The lowest BCUT2D eigenvalue weighted by atomic mass is 10.1. The summed E-state index contributed by atoms with van der Waals surface area (Å²) in [6, 6.07) is 13.7. The molecule has 3 heterocycles. The van der Waals surface area contributed by atoms with E-state index in [9.17, 15) is 4.79 Å². The van der Waals surface area contributed by atoms with Gasteiger partial charge in [0.25, 0.3) is 5.95 Å². The molecule has 3 aromatic rings. The number of nitrogens with zero attached hydrogens (tertiary/aromatic N) is 5. The van der Waals surface area contributed by atoms with E-state index in [1.54, 1.807) is 10.7 Å². The Labute approximate surface area is 145 Å². The number of carbonyl (C=O) groups excluding carboxylic acids is 1. The van der Waals surface area contributed by atoms with Crippen molar-refractivity contribution in [1.29, 1.82) is 0 Å². The van der Waals surface area contributed by atoms with E-state index < -0.39 is 0 Å². The van der Waals surface area contributed by atoms with Gasteiger partial charge in [-0.05, 0) is 30.7 Å². The summed E-state index contributed by atoms with van der Waals surface area (Å²) in [5.41, 5.74) is 3.00. The van der Waals surface area contributed by atoms with Gasteiger partial charge in [-0.3, -0.25) is 5.32 Å². The highest BCUT2D eigenvalue weighted by Crippen LogP contribution is 2.26. The normalized spacial score (nSPS) is 17.3. The summed E-state index contributed by atoms with van der Waals surface area (Å²) in [5, 5.41) is 7.12. The lowest BCUT2D eigenvalue weighted by molar-refractivity contribution is 0.192. The first-order chi connectivity index (χ1) is 12.1. The predicted molar refractivity (Wildman–Crippen MR) is 96.7 cm³/mol. The second-order valence-electron chi connectivity index (χ2n) is 6.36. The van der Waals surface area contributed by atoms with E-state index in [-0.39, 0.29) is 12.1 Å². The molecule has 1 atom stereocenters. The maximum atomic E-state index is 12.8. The van der Waals surface area contributed by atoms with E-state index in [0.717, 1.165) is 17.8 Å². The molecule has 0 saturated heterocycles. The Morgan fingerprint density at radius 2 is 2.00 bits per heavy atom. The Morgan fingerprint density at radius 1 is 1.20 bits per heavy atom. The number of anilines is 2. The predicted octanol–water partition coefficient (Wildman–Crippen LogP) is 2.60. The topological polar surface area (TPSA) is 65.8 Å². The number of carbonyl (C=O) groups is 1. The SMILES string of the molecule is CC1CN(C)c2ccccc2CN1C(=O)Nc1nc2ccccn2n1. The van der Waals surface area contributed by atoms with Crippen LogP contribution >= 0.6 is 0 Å². The van der Waals surface area contributed by atoms with Crippen molar-refractivity contribution in [2.45, 2.75) is 19.5 Å². The van der Waals surface area contributed by atoms with E-state index in [1.165, 1.54) is 0 Å². The third-order valence-corrected chi connectivity index (χ3v) is 4.53. The minimum absolute atomic E-state index is 0.0643. The summed E-state index contributed by atoms with van der Waals surface area (Å²) in [5.74, 6) is 0.314. The summed E-state index contributed by atoms with van der Waals surface area (Å²) in [6.07, 6.45) is 1.80. The molecule has 1 aliphatic heterocycles. The lowest BCUT2D eigenvalue weighted by Gasteiger charge is -2.28. The second kappa shape index (κ2) is 6.08. The summed E-state index contributed by atoms with van der Waals surface area (Å²) < 4.78 is 1.64. The minimum Gasteiger partial charge on any atom is -0.372 e. The first-order valence-corrected chi connectivity index (χ1v) is 8.30. The van der Waals surface area contributed by atoms with Crippen LogP contribution in [0.5, 0.6) is 0 Å². The molecule has 7 nitrogen and oxygen atoms in total. The van der Waals surface area contributed by atoms with Crippen LogP contribution in [-0.2, 0) is 6.54 Å². The molecular formula is C18H20N6O. The first-order valence-electron chi connectivity index (χ1n) is 8.30. The molecule has 0 fully saturated rings. The van der Waals surface area contributed by atoms with Gasteiger partial charge in [0.15, 0.2) is 5.65 Å². The molecule has 2 aromatic heterocycles. The van der Waals surface area contributed by atoms with Gasteiger partial charge in [-0.25, -0.2) is 9.31 Å². The molecule has 0 saturated carbocycles. The fraction of sp³-hybridized carbons (Fsp3) is 0.278. The molecule has 1 unspecified atom stereocenters. The molecule has 128 valence electrons. The van der Waals surface area contributed by atoms with E-state index in [1.807, 2.05) is 35.2 Å². The minimum atomic E-state index is -0.187. The van der Waals surface area contributed by atoms with Crippen molar-refractivity contribution in [2.75, 3.05) is 23.8 Å². The number of likely N-dealkylation sites (N-methyl/N-ethyl adjacent to an activating group) is 1. The third kappa shape index (κ3) is 2.88. The highest BCUT2D eigenvalue weighted by atomic mass is 16.2. The van der Waals surface area contributed by atoms with Crippen LogP contribution in [0, 0.1) is 0 Å². The highest BCUT2D eigenvalue weighted by molar-refractivity contribution is 5.88. The Kier molecular flexibility index (Phi) is 3.76. The Bertz CT molecular complexity index is 888. The van der Waals surface area contributed by atoms with Gasteiger partial charge in [0.2, 0.25) is 0 Å². The van der Waals surface area contributed by atoms with Crippen molar-refractivity contribution in [3.63, 3.8) is 0 Å². The van der Waals surface area contributed by atoms with Crippen LogP contribution < -0.4 is 10.2 Å². The van der Waals surface area contributed by atoms with Gasteiger partial charge < -0.3 is 9.80 Å². The van der Waals surface area contributed by atoms with Crippen molar-refractivity contribution < 1.29 is 4.79 Å². The molecule has 1 aromatic carbocycles. The van der Waals surface area contributed by atoms with Gasteiger partial charge in [0.1, 0.15) is 0 Å². The molecule has 25 heavy (non-hydrogen) atoms. The number of hydrogen-bond donors (Lipinski definition) is 1. The van der Waals surface area contributed by atoms with Crippen LogP contribution in [0.25, 0.3) is 5.65 Å². The van der Waals surface area contributed by atoms with Gasteiger partial charge in [0.05, 0.1) is 0 Å². The number of aromatic nitrogens is 3. The number of rotatable bonds is 1. The number of pyridine rings is 1. The van der Waals surface area contributed by atoms with Gasteiger partial charge >= 0.3 is 6.03 Å². The zero-order valence-electron chi connectivity index (χ0n) is 14.3. The average Bonchev–Trinajstić information content (AvgIpc) is 2.96. The van der Waals surface area contributed by atoms with E-state index in [0.29, 0.717) is 18.1 Å². The van der Waals surface area contributed by atoms with E-state index in [2.05, 4.69) is 46.4 Å². The standard InChI is InChI=1S/C18H20N6O/c1-13-11-22(2)15-8-4-3-7-14(15)12-23(13)18(25)20-17-19-16-9-5-6-10-24(16)21-17/h3-10,13H,11-12H2,1-2H3,(H,20,21,25). The van der Waals surface area contributed by atoms with Crippen LogP contribution in [0.2, 0.25) is 0 Å². The smallest absolute Gasteiger partial charge is 0.324 e. The number of para-hydroxylation sites is 1. The number of amides is 2. The largest absolute Gasteiger partial charge is 0.372 e. The highest BCUT2D eigenvalue weighted by Gasteiger charge is 2.27. The number of hydrogen-bond acceptors (Lipinski definition) is 4. The summed E-state index contributed by atoms with van der Waals surface area (Å²) in [6.45, 7) is 3.38. The maximum absolute atomic E-state index is 12.8. The monoisotopic (exact) mass is 336 g/mol. The first kappa shape index (κ1) is 15.4. The lowest BCUT2D eigenvalue weighted by Crippen LogP contribution is -2.44. The van der Waals surface area contributed by atoms with Crippen molar-refractivity contribution in [1.82, 2.24) is 19.5 Å². The van der Waals surface area contributed by atoms with Crippen LogP contribution in [-0.4, -0.2) is 45.2 Å². The van der Waals surface area contributed by atoms with Crippen molar-refractivity contribution in [3.05, 3.63) is 54.2 Å². The van der Waals surface area contributed by atoms with Crippen LogP contribution in [0.3, 0.4) is 0 Å². The van der Waals surface area contributed by atoms with Crippen LogP contribution in [0.15, 0.2) is 48.7 Å². The third-order valence-electron chi connectivity index (χ3n) is 4.53.